The van der Waals surface area contributed by atoms with Crippen LogP contribution in [-0.4, -0.2) is 47.9 Å². The molecule has 0 amide bonds. The van der Waals surface area contributed by atoms with Crippen LogP contribution in [-0.2, 0) is 6.42 Å². The minimum absolute atomic E-state index is 0.0549. The zero-order valence-electron chi connectivity index (χ0n) is 16.7. The number of hydrogen-bond donors (Lipinski definition) is 0. The summed E-state index contributed by atoms with van der Waals surface area (Å²) in [5.41, 5.74) is 1.20. The van der Waals surface area contributed by atoms with Crippen molar-refractivity contribution < 1.29 is 33.2 Å². The Morgan fingerprint density at radius 2 is 1.36 bits per heavy atom. The highest BCUT2D eigenvalue weighted by molar-refractivity contribution is 6.04. The summed E-state index contributed by atoms with van der Waals surface area (Å²) in [5.74, 6) is 2.80. The number of fused-ring (bicyclic) bond motifs is 1. The molecule has 0 spiro atoms. The van der Waals surface area contributed by atoms with Crippen molar-refractivity contribution in [3.05, 3.63) is 35.4 Å². The number of ketones is 1. The van der Waals surface area contributed by atoms with Crippen LogP contribution in [0.3, 0.4) is 0 Å². The predicted octanol–water partition coefficient (Wildman–Crippen LogP) is 3.16. The Hall–Kier alpha value is -3.09. The summed E-state index contributed by atoms with van der Waals surface area (Å²) in [5, 5.41) is 0. The van der Waals surface area contributed by atoms with Crippen LogP contribution in [0, 0.1) is 5.92 Å². The first-order chi connectivity index (χ1) is 13.6. The number of benzene rings is 2. The van der Waals surface area contributed by atoms with Gasteiger partial charge in [0, 0.05) is 29.8 Å². The molecule has 2 aromatic carbocycles. The van der Waals surface area contributed by atoms with E-state index in [1.807, 2.05) is 0 Å². The van der Waals surface area contributed by atoms with E-state index in [1.54, 1.807) is 52.7 Å². The topological polar surface area (TPSA) is 72.5 Å². The van der Waals surface area contributed by atoms with Gasteiger partial charge >= 0.3 is 0 Å². The largest absolute Gasteiger partial charge is 0.496 e. The minimum atomic E-state index is -0.411. The molecule has 0 aromatic heterocycles. The third-order valence-corrected chi connectivity index (χ3v) is 4.82. The van der Waals surface area contributed by atoms with E-state index in [0.717, 1.165) is 5.56 Å². The fraction of sp³-hybridized carbons (Fsp3) is 0.381. The Kier molecular flexibility index (Phi) is 5.82. The zero-order valence-corrected chi connectivity index (χ0v) is 16.7. The smallest absolute Gasteiger partial charge is 0.177 e. The fourth-order valence-corrected chi connectivity index (χ4v) is 3.35. The molecule has 3 rings (SSSR count). The molecular formula is C21H24O7. The zero-order chi connectivity index (χ0) is 20.3. The average Bonchev–Trinajstić information content (AvgIpc) is 2.74. The maximum atomic E-state index is 13.2. The maximum absolute atomic E-state index is 13.2. The molecule has 28 heavy (non-hydrogen) atoms. The van der Waals surface area contributed by atoms with Crippen molar-refractivity contribution in [2.45, 2.75) is 6.42 Å². The van der Waals surface area contributed by atoms with Gasteiger partial charge in [0.15, 0.2) is 5.78 Å². The molecule has 1 heterocycles. The van der Waals surface area contributed by atoms with Crippen LogP contribution in [0.4, 0.5) is 0 Å². The standard InChI is InChI=1S/C21H24O7/c1-23-13-7-16(25-3)15(17(8-13)26-4)6-12-11-28-19-10-14(24-2)9-18(27-5)20(19)21(12)22/h7-10,12H,6,11H2,1-5H3. The highest BCUT2D eigenvalue weighted by Crippen LogP contribution is 2.41. The lowest BCUT2D eigenvalue weighted by molar-refractivity contribution is 0.0824. The molecule has 2 aromatic rings. The molecule has 1 aliphatic heterocycles. The molecule has 0 saturated heterocycles. The summed E-state index contributed by atoms with van der Waals surface area (Å²) >= 11 is 0. The molecule has 0 saturated carbocycles. The Morgan fingerprint density at radius 3 is 1.89 bits per heavy atom. The summed E-state index contributed by atoms with van der Waals surface area (Å²) in [4.78, 5) is 13.2. The van der Waals surface area contributed by atoms with Crippen molar-refractivity contribution in [1.82, 2.24) is 0 Å². The number of rotatable bonds is 7. The van der Waals surface area contributed by atoms with Crippen molar-refractivity contribution >= 4 is 5.78 Å². The average molecular weight is 388 g/mol. The van der Waals surface area contributed by atoms with E-state index >= 15 is 0 Å². The van der Waals surface area contributed by atoms with Gasteiger partial charge in [-0.25, -0.2) is 0 Å². The van der Waals surface area contributed by atoms with E-state index in [9.17, 15) is 4.79 Å². The van der Waals surface area contributed by atoms with Crippen molar-refractivity contribution in [2.24, 2.45) is 5.92 Å². The van der Waals surface area contributed by atoms with Crippen molar-refractivity contribution in [3.63, 3.8) is 0 Å². The van der Waals surface area contributed by atoms with Crippen LogP contribution in [0.2, 0.25) is 0 Å². The first-order valence-corrected chi connectivity index (χ1v) is 8.78. The van der Waals surface area contributed by atoms with Crippen LogP contribution in [0.15, 0.2) is 24.3 Å². The molecule has 0 aliphatic carbocycles. The monoisotopic (exact) mass is 388 g/mol. The van der Waals surface area contributed by atoms with Gasteiger partial charge in [-0.1, -0.05) is 0 Å². The number of ether oxygens (including phenoxy) is 6. The lowest BCUT2D eigenvalue weighted by Crippen LogP contribution is -2.30. The maximum Gasteiger partial charge on any atom is 0.177 e. The summed E-state index contributed by atoms with van der Waals surface area (Å²) in [6.45, 7) is 0.237. The Labute approximate surface area is 164 Å². The van der Waals surface area contributed by atoms with E-state index in [-0.39, 0.29) is 12.4 Å². The van der Waals surface area contributed by atoms with Gasteiger partial charge in [0.05, 0.1) is 48.1 Å². The van der Waals surface area contributed by atoms with Gasteiger partial charge in [0.1, 0.15) is 40.1 Å². The molecule has 1 aliphatic rings. The molecule has 7 nitrogen and oxygen atoms in total. The van der Waals surface area contributed by atoms with Crippen LogP contribution in [0.25, 0.3) is 0 Å². The molecule has 0 fully saturated rings. The van der Waals surface area contributed by atoms with Gasteiger partial charge in [0.2, 0.25) is 0 Å². The number of carbonyl (C=O) groups is 1. The summed E-state index contributed by atoms with van der Waals surface area (Å²) in [6.07, 6.45) is 0.393. The third kappa shape index (κ3) is 3.52. The SMILES string of the molecule is COc1cc(OC)c(CC2COc3cc(OC)cc(OC)c3C2=O)c(OC)c1. The van der Waals surface area contributed by atoms with E-state index in [2.05, 4.69) is 0 Å². The second-order valence-electron chi connectivity index (χ2n) is 6.29. The molecule has 0 bridgehead atoms. The molecule has 0 radical (unpaired) electrons. The van der Waals surface area contributed by atoms with Gasteiger partial charge in [0.25, 0.3) is 0 Å². The Balaban J connectivity index is 1.97. The van der Waals surface area contributed by atoms with Gasteiger partial charge in [-0.2, -0.15) is 0 Å². The third-order valence-electron chi connectivity index (χ3n) is 4.82. The van der Waals surface area contributed by atoms with Crippen molar-refractivity contribution in [1.29, 1.82) is 0 Å². The Morgan fingerprint density at radius 1 is 0.821 bits per heavy atom. The molecule has 1 atom stereocenters. The van der Waals surface area contributed by atoms with Crippen LogP contribution >= 0.6 is 0 Å². The predicted molar refractivity (Wildman–Crippen MR) is 103 cm³/mol. The number of carbonyl (C=O) groups excluding carboxylic acids is 1. The quantitative estimate of drug-likeness (QED) is 0.721. The summed E-state index contributed by atoms with van der Waals surface area (Å²) < 4.78 is 32.8. The molecule has 0 N–H and O–H groups in total. The van der Waals surface area contributed by atoms with Crippen LogP contribution in [0.1, 0.15) is 15.9 Å². The number of hydrogen-bond acceptors (Lipinski definition) is 7. The van der Waals surface area contributed by atoms with Gasteiger partial charge < -0.3 is 28.4 Å². The lowest BCUT2D eigenvalue weighted by Gasteiger charge is -2.27. The van der Waals surface area contributed by atoms with E-state index in [1.165, 1.54) is 7.11 Å². The van der Waals surface area contributed by atoms with Crippen LogP contribution in [0.5, 0.6) is 34.5 Å². The molecular weight excluding hydrogens is 364 g/mol. The number of Topliss-reactive ketones (excluding diaryl/α,β-unsaturated/α-hetero) is 1. The van der Waals surface area contributed by atoms with Gasteiger partial charge in [-0.05, 0) is 6.42 Å². The highest BCUT2D eigenvalue weighted by Gasteiger charge is 2.34. The minimum Gasteiger partial charge on any atom is -0.496 e. The lowest BCUT2D eigenvalue weighted by atomic mass is 9.88. The van der Waals surface area contributed by atoms with Crippen LogP contribution < -0.4 is 28.4 Å². The second-order valence-corrected chi connectivity index (χ2v) is 6.29. The summed E-state index contributed by atoms with van der Waals surface area (Å²) in [6, 6.07) is 6.91. The fourth-order valence-electron chi connectivity index (χ4n) is 3.35. The molecule has 1 unspecified atom stereocenters. The first kappa shape index (κ1) is 19.7. The Bertz CT molecular complexity index is 833. The molecule has 150 valence electrons. The van der Waals surface area contributed by atoms with Crippen molar-refractivity contribution in [3.8, 4) is 34.5 Å². The second kappa shape index (κ2) is 8.29. The number of methoxy groups -OCH3 is 5. The van der Waals surface area contributed by atoms with E-state index < -0.39 is 5.92 Å². The van der Waals surface area contributed by atoms with E-state index in [0.29, 0.717) is 46.5 Å². The summed E-state index contributed by atoms with van der Waals surface area (Å²) in [7, 11) is 7.78. The first-order valence-electron chi connectivity index (χ1n) is 8.78. The molecule has 7 heteroatoms. The van der Waals surface area contributed by atoms with Gasteiger partial charge in [-0.15, -0.1) is 0 Å². The van der Waals surface area contributed by atoms with Gasteiger partial charge in [-0.3, -0.25) is 4.79 Å². The highest BCUT2D eigenvalue weighted by atomic mass is 16.5. The van der Waals surface area contributed by atoms with Crippen molar-refractivity contribution in [2.75, 3.05) is 42.2 Å². The normalized spacial score (nSPS) is 15.3. The van der Waals surface area contributed by atoms with E-state index in [4.69, 9.17) is 28.4 Å².